The van der Waals surface area contributed by atoms with Crippen LogP contribution >= 0.6 is 0 Å². The Morgan fingerprint density at radius 2 is 1.76 bits per heavy atom. The van der Waals surface area contributed by atoms with Gasteiger partial charge in [0.1, 0.15) is 5.75 Å². The minimum atomic E-state index is -0.314. The standard InChI is InChI=1S/C15H23NO/c1-14(2,3)11-6-7-13(17)12(10-11)15(16)8-4-5-9-15/h6-7,10,17H,4-5,8-9,16H2,1-3H3. The number of phenolic OH excluding ortho intramolecular Hbond substituents is 1. The fraction of sp³-hybridized carbons (Fsp3) is 0.600. The summed E-state index contributed by atoms with van der Waals surface area (Å²) in [5, 5.41) is 10.0. The first-order chi connectivity index (χ1) is 7.83. The zero-order chi connectivity index (χ0) is 12.7. The van der Waals surface area contributed by atoms with Crippen LogP contribution in [0.15, 0.2) is 18.2 Å². The fourth-order valence-corrected chi connectivity index (χ4v) is 2.68. The molecule has 1 fully saturated rings. The Kier molecular flexibility index (Phi) is 2.94. The lowest BCUT2D eigenvalue weighted by atomic mass is 9.81. The van der Waals surface area contributed by atoms with Crippen LogP contribution in [-0.4, -0.2) is 5.11 Å². The molecule has 17 heavy (non-hydrogen) atoms. The van der Waals surface area contributed by atoms with Crippen molar-refractivity contribution in [2.45, 2.75) is 57.4 Å². The first-order valence-electron chi connectivity index (χ1n) is 6.46. The second-order valence-corrected chi connectivity index (χ2v) is 6.35. The van der Waals surface area contributed by atoms with Crippen LogP contribution in [0, 0.1) is 0 Å². The van der Waals surface area contributed by atoms with E-state index in [1.165, 1.54) is 5.56 Å². The molecule has 1 aliphatic carbocycles. The van der Waals surface area contributed by atoms with E-state index in [0.29, 0.717) is 5.75 Å². The van der Waals surface area contributed by atoms with Crippen LogP contribution in [-0.2, 0) is 11.0 Å². The van der Waals surface area contributed by atoms with Crippen molar-refractivity contribution >= 4 is 0 Å². The molecule has 0 aromatic heterocycles. The number of benzene rings is 1. The van der Waals surface area contributed by atoms with Gasteiger partial charge >= 0.3 is 0 Å². The largest absolute Gasteiger partial charge is 0.508 e. The molecule has 3 N–H and O–H groups in total. The lowest BCUT2D eigenvalue weighted by Gasteiger charge is -2.28. The van der Waals surface area contributed by atoms with Crippen LogP contribution < -0.4 is 5.73 Å². The summed E-state index contributed by atoms with van der Waals surface area (Å²) in [6.07, 6.45) is 4.29. The van der Waals surface area contributed by atoms with Crippen molar-refractivity contribution in [3.8, 4) is 5.75 Å². The molecule has 1 aromatic carbocycles. The van der Waals surface area contributed by atoms with E-state index < -0.39 is 0 Å². The maximum absolute atomic E-state index is 10.0. The van der Waals surface area contributed by atoms with Crippen LogP contribution in [0.25, 0.3) is 0 Å². The van der Waals surface area contributed by atoms with E-state index in [4.69, 9.17) is 5.73 Å². The molecule has 2 heteroatoms. The Morgan fingerprint density at radius 1 is 1.18 bits per heavy atom. The van der Waals surface area contributed by atoms with Crippen molar-refractivity contribution in [1.82, 2.24) is 0 Å². The van der Waals surface area contributed by atoms with Crippen molar-refractivity contribution in [3.63, 3.8) is 0 Å². The van der Waals surface area contributed by atoms with Gasteiger partial charge in [0.2, 0.25) is 0 Å². The van der Waals surface area contributed by atoms with Gasteiger partial charge in [-0.15, -0.1) is 0 Å². The highest BCUT2D eigenvalue weighted by Gasteiger charge is 2.34. The average molecular weight is 233 g/mol. The van der Waals surface area contributed by atoms with Crippen LogP contribution in [0.1, 0.15) is 57.6 Å². The van der Waals surface area contributed by atoms with Gasteiger partial charge in [-0.3, -0.25) is 0 Å². The number of rotatable bonds is 1. The molecule has 1 aliphatic rings. The van der Waals surface area contributed by atoms with Gasteiger partial charge in [-0.2, -0.15) is 0 Å². The monoisotopic (exact) mass is 233 g/mol. The summed E-state index contributed by atoms with van der Waals surface area (Å²) in [5.74, 6) is 0.349. The van der Waals surface area contributed by atoms with E-state index in [0.717, 1.165) is 31.2 Å². The van der Waals surface area contributed by atoms with Gasteiger partial charge in [-0.05, 0) is 36.0 Å². The van der Waals surface area contributed by atoms with Gasteiger partial charge in [0, 0.05) is 11.1 Å². The first kappa shape index (κ1) is 12.4. The summed E-state index contributed by atoms with van der Waals surface area (Å²) >= 11 is 0. The Bertz CT molecular complexity index is 411. The lowest BCUT2D eigenvalue weighted by Crippen LogP contribution is -2.33. The third kappa shape index (κ3) is 2.32. The number of phenols is 1. The number of hydrogen-bond donors (Lipinski definition) is 2. The maximum atomic E-state index is 10.0. The van der Waals surface area contributed by atoms with E-state index in [1.54, 1.807) is 6.07 Å². The van der Waals surface area contributed by atoms with E-state index in [9.17, 15) is 5.11 Å². The average Bonchev–Trinajstić information content (AvgIpc) is 2.65. The molecule has 94 valence electrons. The van der Waals surface area contributed by atoms with Crippen LogP contribution in [0.5, 0.6) is 5.75 Å². The Hall–Kier alpha value is -1.02. The van der Waals surface area contributed by atoms with Crippen molar-refractivity contribution in [2.24, 2.45) is 5.73 Å². The van der Waals surface area contributed by atoms with Gasteiger partial charge in [0.25, 0.3) is 0 Å². The molecule has 0 saturated heterocycles. The molecule has 0 atom stereocenters. The van der Waals surface area contributed by atoms with E-state index in [-0.39, 0.29) is 11.0 Å². The summed E-state index contributed by atoms with van der Waals surface area (Å²) in [5.41, 5.74) is 8.38. The molecular formula is C15H23NO. The zero-order valence-corrected chi connectivity index (χ0v) is 11.1. The zero-order valence-electron chi connectivity index (χ0n) is 11.1. The minimum absolute atomic E-state index is 0.0947. The number of nitrogens with two attached hydrogens (primary N) is 1. The van der Waals surface area contributed by atoms with Gasteiger partial charge in [-0.1, -0.05) is 39.7 Å². The van der Waals surface area contributed by atoms with Crippen molar-refractivity contribution in [1.29, 1.82) is 0 Å². The van der Waals surface area contributed by atoms with Gasteiger partial charge in [0.05, 0.1) is 0 Å². The lowest BCUT2D eigenvalue weighted by molar-refractivity contribution is 0.407. The molecule has 1 aromatic rings. The Balaban J connectivity index is 2.46. The Labute approximate surface area is 104 Å². The fourth-order valence-electron chi connectivity index (χ4n) is 2.68. The molecule has 2 rings (SSSR count). The molecule has 1 saturated carbocycles. The first-order valence-corrected chi connectivity index (χ1v) is 6.46. The normalized spacial score (nSPS) is 19.5. The minimum Gasteiger partial charge on any atom is -0.508 e. The second-order valence-electron chi connectivity index (χ2n) is 6.35. The summed E-state index contributed by atoms with van der Waals surface area (Å²) in [4.78, 5) is 0. The molecule has 0 heterocycles. The van der Waals surface area contributed by atoms with Gasteiger partial charge in [0.15, 0.2) is 0 Å². The molecule has 0 spiro atoms. The van der Waals surface area contributed by atoms with E-state index in [2.05, 4.69) is 26.8 Å². The molecule has 0 radical (unpaired) electrons. The highest BCUT2D eigenvalue weighted by Crippen LogP contribution is 2.41. The summed E-state index contributed by atoms with van der Waals surface area (Å²) in [6.45, 7) is 6.54. The highest BCUT2D eigenvalue weighted by molar-refractivity contribution is 5.43. The van der Waals surface area contributed by atoms with Crippen LogP contribution in [0.3, 0.4) is 0 Å². The quantitative estimate of drug-likeness (QED) is 0.780. The topological polar surface area (TPSA) is 46.2 Å². The van der Waals surface area contributed by atoms with Crippen molar-refractivity contribution < 1.29 is 5.11 Å². The molecule has 0 aliphatic heterocycles. The summed E-state index contributed by atoms with van der Waals surface area (Å²) in [6, 6.07) is 5.89. The third-order valence-corrected chi connectivity index (χ3v) is 3.89. The summed E-state index contributed by atoms with van der Waals surface area (Å²) < 4.78 is 0. The highest BCUT2D eigenvalue weighted by atomic mass is 16.3. The Morgan fingerprint density at radius 3 is 2.29 bits per heavy atom. The molecule has 2 nitrogen and oxygen atoms in total. The summed E-state index contributed by atoms with van der Waals surface area (Å²) in [7, 11) is 0. The third-order valence-electron chi connectivity index (χ3n) is 3.89. The van der Waals surface area contributed by atoms with E-state index >= 15 is 0 Å². The molecular weight excluding hydrogens is 210 g/mol. The van der Waals surface area contributed by atoms with Gasteiger partial charge < -0.3 is 10.8 Å². The SMILES string of the molecule is CC(C)(C)c1ccc(O)c(C2(N)CCCC2)c1. The predicted octanol–water partition coefficient (Wildman–Crippen LogP) is 3.42. The number of aromatic hydroxyl groups is 1. The van der Waals surface area contributed by atoms with Gasteiger partial charge in [-0.25, -0.2) is 0 Å². The molecule has 0 unspecified atom stereocenters. The maximum Gasteiger partial charge on any atom is 0.120 e. The second kappa shape index (κ2) is 4.02. The van der Waals surface area contributed by atoms with E-state index in [1.807, 2.05) is 6.07 Å². The van der Waals surface area contributed by atoms with Crippen LogP contribution in [0.2, 0.25) is 0 Å². The predicted molar refractivity (Wildman–Crippen MR) is 71.1 cm³/mol. The molecule has 0 bridgehead atoms. The smallest absolute Gasteiger partial charge is 0.120 e. The van der Waals surface area contributed by atoms with Crippen molar-refractivity contribution in [3.05, 3.63) is 29.3 Å². The van der Waals surface area contributed by atoms with Crippen LogP contribution in [0.4, 0.5) is 0 Å². The van der Waals surface area contributed by atoms with Crippen molar-refractivity contribution in [2.75, 3.05) is 0 Å². The number of hydrogen-bond acceptors (Lipinski definition) is 2. The molecule has 0 amide bonds.